The summed E-state index contributed by atoms with van der Waals surface area (Å²) in [5.41, 5.74) is 0. The fourth-order valence-corrected chi connectivity index (χ4v) is 0.454. The molecule has 0 aromatic carbocycles. The zero-order valence-electron chi connectivity index (χ0n) is 8.24. The monoisotopic (exact) mass is 162 g/mol. The van der Waals surface area contributed by atoms with Crippen molar-refractivity contribution in [2.75, 3.05) is 40.4 Å². The Kier molecular flexibility index (Phi) is 20.2. The Balaban J connectivity index is 0. The maximum Gasteiger partial charge on any atom is 0.0587 e. The van der Waals surface area contributed by atoms with Gasteiger partial charge in [-0.15, -0.1) is 0 Å². The first kappa shape index (κ1) is 13.5. The van der Waals surface area contributed by atoms with E-state index in [-0.39, 0.29) is 0 Å². The summed E-state index contributed by atoms with van der Waals surface area (Å²) in [6, 6.07) is 0. The first-order valence-electron chi connectivity index (χ1n) is 4.17. The molecule has 0 radical (unpaired) electrons. The molecule has 0 aromatic heterocycles. The molecule has 70 valence electrons. The van der Waals surface area contributed by atoms with Crippen LogP contribution in [0.2, 0.25) is 0 Å². The van der Waals surface area contributed by atoms with E-state index in [1.165, 1.54) is 0 Å². The van der Waals surface area contributed by atoms with Crippen molar-refractivity contribution in [1.29, 1.82) is 0 Å². The Morgan fingerprint density at radius 2 is 1.73 bits per heavy atom. The van der Waals surface area contributed by atoms with Crippen molar-refractivity contribution in [3.05, 3.63) is 0 Å². The minimum absolute atomic E-state index is 0.802. The SMILES string of the molecule is CCNCC.CNCCOC. The van der Waals surface area contributed by atoms with Crippen LogP contribution in [0.5, 0.6) is 0 Å². The lowest BCUT2D eigenvalue weighted by atomic mass is 10.7. The molecule has 0 aliphatic heterocycles. The number of likely N-dealkylation sites (N-methyl/N-ethyl adjacent to an activating group) is 1. The highest BCUT2D eigenvalue weighted by Crippen LogP contribution is 1.57. The van der Waals surface area contributed by atoms with Crippen molar-refractivity contribution in [3.8, 4) is 0 Å². The maximum absolute atomic E-state index is 4.72. The quantitative estimate of drug-likeness (QED) is 0.576. The highest BCUT2D eigenvalue weighted by Gasteiger charge is 1.72. The van der Waals surface area contributed by atoms with Crippen LogP contribution in [0.1, 0.15) is 13.8 Å². The average Bonchev–Trinajstić information content (AvgIpc) is 2.04. The molecule has 0 saturated heterocycles. The Bertz CT molecular complexity index is 45.4. The molecule has 0 saturated carbocycles. The first-order chi connectivity index (χ1) is 5.33. The summed E-state index contributed by atoms with van der Waals surface area (Å²) in [7, 11) is 3.59. The lowest BCUT2D eigenvalue weighted by molar-refractivity contribution is 0.201. The highest BCUT2D eigenvalue weighted by atomic mass is 16.5. The first-order valence-corrected chi connectivity index (χ1v) is 4.17. The molecule has 0 aliphatic carbocycles. The van der Waals surface area contributed by atoms with Gasteiger partial charge >= 0.3 is 0 Å². The second-order valence-electron chi connectivity index (χ2n) is 2.05. The van der Waals surface area contributed by atoms with Crippen LogP contribution in [0.25, 0.3) is 0 Å². The van der Waals surface area contributed by atoms with Crippen LogP contribution in [-0.4, -0.2) is 40.4 Å². The largest absolute Gasteiger partial charge is 0.383 e. The van der Waals surface area contributed by atoms with E-state index < -0.39 is 0 Å². The number of methoxy groups -OCH3 is 1. The predicted molar refractivity (Wildman–Crippen MR) is 50.0 cm³/mol. The van der Waals surface area contributed by atoms with Crippen LogP contribution >= 0.6 is 0 Å². The van der Waals surface area contributed by atoms with E-state index in [1.807, 2.05) is 7.05 Å². The third kappa shape index (κ3) is 25.8. The summed E-state index contributed by atoms with van der Waals surface area (Å²) in [5.74, 6) is 0. The molecule has 0 rings (SSSR count). The molecule has 3 heteroatoms. The average molecular weight is 162 g/mol. The molecule has 0 unspecified atom stereocenters. The molecule has 0 fully saturated rings. The summed E-state index contributed by atoms with van der Waals surface area (Å²) in [4.78, 5) is 0. The van der Waals surface area contributed by atoms with E-state index in [1.54, 1.807) is 7.11 Å². The van der Waals surface area contributed by atoms with Gasteiger partial charge in [0.05, 0.1) is 6.61 Å². The second-order valence-corrected chi connectivity index (χ2v) is 2.05. The topological polar surface area (TPSA) is 33.3 Å². The Hall–Kier alpha value is -0.120. The Morgan fingerprint density at radius 1 is 1.18 bits per heavy atom. The van der Waals surface area contributed by atoms with Crippen molar-refractivity contribution in [2.24, 2.45) is 0 Å². The summed E-state index contributed by atoms with van der Waals surface area (Å²) in [6.45, 7) is 8.13. The maximum atomic E-state index is 4.72. The second kappa shape index (κ2) is 16.5. The molecule has 0 heterocycles. The van der Waals surface area contributed by atoms with E-state index in [0.29, 0.717) is 0 Å². The number of hydrogen-bond donors (Lipinski definition) is 2. The van der Waals surface area contributed by atoms with Gasteiger partial charge in [0.15, 0.2) is 0 Å². The van der Waals surface area contributed by atoms with Crippen LogP contribution in [0, 0.1) is 0 Å². The standard InChI is InChI=1S/C4H11NO.C4H11N/c1-5-3-4-6-2;1-3-5-4-2/h5H,3-4H2,1-2H3;5H,3-4H2,1-2H3. The van der Waals surface area contributed by atoms with E-state index in [0.717, 1.165) is 26.2 Å². The highest BCUT2D eigenvalue weighted by molar-refractivity contribution is 4.30. The summed E-state index contributed by atoms with van der Waals surface area (Å²) >= 11 is 0. The smallest absolute Gasteiger partial charge is 0.0587 e. The van der Waals surface area contributed by atoms with E-state index in [2.05, 4.69) is 24.5 Å². The number of hydrogen-bond acceptors (Lipinski definition) is 3. The molecule has 11 heavy (non-hydrogen) atoms. The minimum Gasteiger partial charge on any atom is -0.383 e. The van der Waals surface area contributed by atoms with Gasteiger partial charge in [-0.1, -0.05) is 13.8 Å². The Morgan fingerprint density at radius 3 is 1.82 bits per heavy atom. The van der Waals surface area contributed by atoms with Crippen molar-refractivity contribution in [2.45, 2.75) is 13.8 Å². The molecule has 0 aliphatic rings. The molecular formula is C8H22N2O. The van der Waals surface area contributed by atoms with Gasteiger partial charge in [-0.3, -0.25) is 0 Å². The molecular weight excluding hydrogens is 140 g/mol. The van der Waals surface area contributed by atoms with E-state index >= 15 is 0 Å². The molecule has 0 atom stereocenters. The lowest BCUT2D eigenvalue weighted by Crippen LogP contribution is -2.12. The van der Waals surface area contributed by atoms with Gasteiger partial charge in [0.2, 0.25) is 0 Å². The fraction of sp³-hybridized carbons (Fsp3) is 1.00. The molecule has 3 nitrogen and oxygen atoms in total. The van der Waals surface area contributed by atoms with Crippen molar-refractivity contribution in [1.82, 2.24) is 10.6 Å². The number of nitrogens with one attached hydrogen (secondary N) is 2. The van der Waals surface area contributed by atoms with Crippen LogP contribution in [0.15, 0.2) is 0 Å². The molecule has 0 amide bonds. The van der Waals surface area contributed by atoms with Crippen molar-refractivity contribution in [3.63, 3.8) is 0 Å². The summed E-state index contributed by atoms with van der Waals surface area (Å²) in [5, 5.41) is 6.05. The van der Waals surface area contributed by atoms with Gasteiger partial charge in [-0.2, -0.15) is 0 Å². The zero-order valence-corrected chi connectivity index (χ0v) is 8.24. The van der Waals surface area contributed by atoms with E-state index in [4.69, 9.17) is 4.74 Å². The molecule has 2 N–H and O–H groups in total. The fourth-order valence-electron chi connectivity index (χ4n) is 0.454. The van der Waals surface area contributed by atoms with Gasteiger partial charge in [-0.25, -0.2) is 0 Å². The normalized spacial score (nSPS) is 8.73. The number of rotatable bonds is 5. The third-order valence-corrected chi connectivity index (χ3v) is 1.06. The van der Waals surface area contributed by atoms with Crippen LogP contribution < -0.4 is 10.6 Å². The molecule has 0 bridgehead atoms. The van der Waals surface area contributed by atoms with Gasteiger partial charge < -0.3 is 15.4 Å². The third-order valence-electron chi connectivity index (χ3n) is 1.06. The Labute approximate surface area is 70.5 Å². The van der Waals surface area contributed by atoms with Crippen LogP contribution in [0.3, 0.4) is 0 Å². The summed E-state index contributed by atoms with van der Waals surface area (Å²) in [6.07, 6.45) is 0. The lowest BCUT2D eigenvalue weighted by Gasteiger charge is -1.92. The van der Waals surface area contributed by atoms with Gasteiger partial charge in [0, 0.05) is 13.7 Å². The minimum atomic E-state index is 0.802. The molecule has 0 aromatic rings. The number of ether oxygens (including phenoxy) is 1. The van der Waals surface area contributed by atoms with Crippen LogP contribution in [0.4, 0.5) is 0 Å². The predicted octanol–water partition coefficient (Wildman–Crippen LogP) is 0.468. The summed E-state index contributed by atoms with van der Waals surface area (Å²) < 4.78 is 4.72. The zero-order chi connectivity index (χ0) is 8.95. The van der Waals surface area contributed by atoms with Gasteiger partial charge in [0.25, 0.3) is 0 Å². The van der Waals surface area contributed by atoms with E-state index in [9.17, 15) is 0 Å². The van der Waals surface area contributed by atoms with Crippen molar-refractivity contribution < 1.29 is 4.74 Å². The molecule has 0 spiro atoms. The van der Waals surface area contributed by atoms with Crippen LogP contribution in [-0.2, 0) is 4.74 Å². The van der Waals surface area contributed by atoms with Gasteiger partial charge in [-0.05, 0) is 20.1 Å². The van der Waals surface area contributed by atoms with Gasteiger partial charge in [0.1, 0.15) is 0 Å². The van der Waals surface area contributed by atoms with Crippen molar-refractivity contribution >= 4 is 0 Å².